The Morgan fingerprint density at radius 1 is 1.12 bits per heavy atom. The van der Waals surface area contributed by atoms with Crippen LogP contribution >= 0.6 is 0 Å². The summed E-state index contributed by atoms with van der Waals surface area (Å²) in [6, 6.07) is 7.73. The van der Waals surface area contributed by atoms with Crippen LogP contribution < -0.4 is 22.1 Å². The first kappa shape index (κ1) is 20.1. The monoisotopic (exact) mass is 334 g/mol. The molecule has 0 radical (unpaired) electrons. The summed E-state index contributed by atoms with van der Waals surface area (Å²) in [7, 11) is 0. The Morgan fingerprint density at radius 3 is 2.12 bits per heavy atom. The molecule has 1 atom stereocenters. The van der Waals surface area contributed by atoms with Crippen molar-refractivity contribution in [3.8, 4) is 0 Å². The van der Waals surface area contributed by atoms with Crippen molar-refractivity contribution < 1.29 is 9.59 Å². The fraction of sp³-hybridized carbons (Fsp3) is 0.556. The van der Waals surface area contributed by atoms with Gasteiger partial charge in [0, 0.05) is 12.8 Å². The van der Waals surface area contributed by atoms with E-state index in [4.69, 9.17) is 17.2 Å². The molecule has 1 unspecified atom stereocenters. The second-order valence-electron chi connectivity index (χ2n) is 6.27. The van der Waals surface area contributed by atoms with Crippen LogP contribution in [0.25, 0.3) is 0 Å². The van der Waals surface area contributed by atoms with Crippen molar-refractivity contribution in [1.82, 2.24) is 0 Å². The highest BCUT2D eigenvalue weighted by atomic mass is 16.2. The van der Waals surface area contributed by atoms with E-state index in [-0.39, 0.29) is 18.0 Å². The Hall–Kier alpha value is -1.92. The Bertz CT molecular complexity index is 519. The molecule has 134 valence electrons. The number of amides is 2. The fourth-order valence-corrected chi connectivity index (χ4v) is 2.48. The molecule has 0 saturated heterocycles. The van der Waals surface area contributed by atoms with E-state index in [0.717, 1.165) is 17.8 Å². The molecule has 1 aromatic rings. The second-order valence-corrected chi connectivity index (χ2v) is 6.27. The van der Waals surface area contributed by atoms with Crippen molar-refractivity contribution in [3.05, 3.63) is 24.3 Å². The molecule has 0 aromatic heterocycles. The van der Waals surface area contributed by atoms with Gasteiger partial charge in [0.2, 0.25) is 11.8 Å². The molecule has 0 aliphatic carbocycles. The number of rotatable bonds is 8. The minimum atomic E-state index is -0.304. The smallest absolute Gasteiger partial charge is 0.231 e. The van der Waals surface area contributed by atoms with E-state index in [9.17, 15) is 9.59 Å². The standard InChI is InChI=1S/C12H14N2O2.C6H16N2/c13-11(15)6-1-2-7-12(16)14-9-4-3-5-10(14)8-9;1-3-4-5(2)6(7)8/h3-5,8H,1-2,6-7H2,(H2,13,15);5-6H,3-4,7-8H2,1-2H3. The fourth-order valence-electron chi connectivity index (χ4n) is 2.48. The number of carbonyl (C=O) groups excluding carboxylic acids is 2. The van der Waals surface area contributed by atoms with Gasteiger partial charge >= 0.3 is 0 Å². The van der Waals surface area contributed by atoms with Gasteiger partial charge < -0.3 is 17.2 Å². The molecule has 2 heterocycles. The van der Waals surface area contributed by atoms with E-state index in [2.05, 4.69) is 13.8 Å². The zero-order valence-corrected chi connectivity index (χ0v) is 14.7. The van der Waals surface area contributed by atoms with Crippen LogP contribution in [0, 0.1) is 5.92 Å². The second kappa shape index (κ2) is 10.1. The molecule has 24 heavy (non-hydrogen) atoms. The van der Waals surface area contributed by atoms with Gasteiger partial charge in [-0.2, -0.15) is 0 Å². The van der Waals surface area contributed by atoms with E-state index in [0.29, 0.717) is 31.6 Å². The van der Waals surface area contributed by atoms with Gasteiger partial charge in [0.25, 0.3) is 0 Å². The Morgan fingerprint density at radius 2 is 1.71 bits per heavy atom. The first-order chi connectivity index (χ1) is 11.4. The first-order valence-electron chi connectivity index (χ1n) is 8.59. The Kier molecular flexibility index (Phi) is 8.43. The predicted octanol–water partition coefficient (Wildman–Crippen LogP) is 2.38. The summed E-state index contributed by atoms with van der Waals surface area (Å²) in [5.41, 5.74) is 17.7. The summed E-state index contributed by atoms with van der Waals surface area (Å²) in [6.45, 7) is 4.22. The third-order valence-electron chi connectivity index (χ3n) is 4.06. The normalized spacial score (nSPS) is 13.0. The van der Waals surface area contributed by atoms with E-state index in [1.165, 1.54) is 6.42 Å². The molecule has 0 saturated carbocycles. The Labute approximate surface area is 144 Å². The van der Waals surface area contributed by atoms with E-state index < -0.39 is 0 Å². The summed E-state index contributed by atoms with van der Waals surface area (Å²) in [5.74, 6) is 0.263. The maximum atomic E-state index is 11.8. The number of carbonyl (C=O) groups is 2. The van der Waals surface area contributed by atoms with Gasteiger partial charge in [0.05, 0.1) is 17.5 Å². The minimum absolute atomic E-state index is 0.0950. The maximum Gasteiger partial charge on any atom is 0.231 e. The third kappa shape index (κ3) is 6.29. The van der Waals surface area contributed by atoms with Crippen LogP contribution in [0.3, 0.4) is 0 Å². The summed E-state index contributed by atoms with van der Waals surface area (Å²) >= 11 is 0. The number of unbranched alkanes of at least 4 members (excludes halogenated alkanes) is 1. The van der Waals surface area contributed by atoms with E-state index >= 15 is 0 Å². The van der Waals surface area contributed by atoms with Crippen molar-refractivity contribution in [1.29, 1.82) is 0 Å². The largest absolute Gasteiger partial charge is 0.370 e. The predicted molar refractivity (Wildman–Crippen MR) is 97.5 cm³/mol. The molecule has 2 aliphatic heterocycles. The number of primary amides is 1. The minimum Gasteiger partial charge on any atom is -0.370 e. The van der Waals surface area contributed by atoms with Crippen molar-refractivity contribution in [2.45, 2.75) is 58.5 Å². The van der Waals surface area contributed by atoms with Crippen molar-refractivity contribution in [3.63, 3.8) is 0 Å². The molecular formula is C18H30N4O2. The molecule has 6 N–H and O–H groups in total. The number of fused-ring (bicyclic) bond motifs is 2. The lowest BCUT2D eigenvalue weighted by Crippen LogP contribution is -2.37. The molecule has 0 fully saturated rings. The highest BCUT2D eigenvalue weighted by Gasteiger charge is 2.24. The third-order valence-corrected chi connectivity index (χ3v) is 4.06. The zero-order valence-electron chi connectivity index (χ0n) is 14.7. The highest BCUT2D eigenvalue weighted by Crippen LogP contribution is 2.37. The van der Waals surface area contributed by atoms with Crippen molar-refractivity contribution >= 4 is 23.2 Å². The van der Waals surface area contributed by atoms with E-state index in [1.54, 1.807) is 4.90 Å². The van der Waals surface area contributed by atoms with Crippen LogP contribution in [0.5, 0.6) is 0 Å². The van der Waals surface area contributed by atoms with Gasteiger partial charge in [0.15, 0.2) is 0 Å². The topological polar surface area (TPSA) is 115 Å². The van der Waals surface area contributed by atoms with Crippen molar-refractivity contribution in [2.75, 3.05) is 4.90 Å². The van der Waals surface area contributed by atoms with Gasteiger partial charge in [-0.1, -0.05) is 26.3 Å². The Balaban J connectivity index is 0.000000307. The van der Waals surface area contributed by atoms with Gasteiger partial charge in [-0.3, -0.25) is 14.5 Å². The van der Waals surface area contributed by atoms with Crippen LogP contribution in [-0.2, 0) is 9.59 Å². The average Bonchev–Trinajstić information content (AvgIpc) is 2.53. The number of anilines is 2. The summed E-state index contributed by atoms with van der Waals surface area (Å²) in [4.78, 5) is 24.0. The summed E-state index contributed by atoms with van der Waals surface area (Å²) < 4.78 is 0. The number of hydrogen-bond donors (Lipinski definition) is 3. The zero-order chi connectivity index (χ0) is 18.1. The highest BCUT2D eigenvalue weighted by molar-refractivity contribution is 6.05. The van der Waals surface area contributed by atoms with Gasteiger partial charge in [0.1, 0.15) is 0 Å². The van der Waals surface area contributed by atoms with Gasteiger partial charge in [-0.05, 0) is 43.4 Å². The van der Waals surface area contributed by atoms with Crippen LogP contribution in [0.4, 0.5) is 11.4 Å². The number of hydrogen-bond acceptors (Lipinski definition) is 4. The first-order valence-corrected chi connectivity index (χ1v) is 8.59. The van der Waals surface area contributed by atoms with Crippen LogP contribution in [0.1, 0.15) is 52.4 Å². The lowest BCUT2D eigenvalue weighted by atomic mass is 10.0. The molecule has 0 spiro atoms. The van der Waals surface area contributed by atoms with Crippen LogP contribution in [-0.4, -0.2) is 18.0 Å². The molecule has 6 heteroatoms. The molecular weight excluding hydrogens is 304 g/mol. The molecule has 6 nitrogen and oxygen atoms in total. The van der Waals surface area contributed by atoms with Crippen LogP contribution in [0.2, 0.25) is 0 Å². The lowest BCUT2D eigenvalue weighted by molar-refractivity contribution is -0.119. The SMILES string of the molecule is CCCC(C)C(N)N.NC(=O)CCCCC(=O)N1c2cccc1c2. The van der Waals surface area contributed by atoms with Crippen LogP contribution in [0.15, 0.2) is 24.3 Å². The number of nitrogens with zero attached hydrogens (tertiary/aromatic N) is 1. The van der Waals surface area contributed by atoms with Gasteiger partial charge in [-0.15, -0.1) is 0 Å². The number of benzene rings is 1. The van der Waals surface area contributed by atoms with E-state index in [1.807, 2.05) is 24.3 Å². The molecule has 2 aliphatic rings. The van der Waals surface area contributed by atoms with Crippen molar-refractivity contribution in [2.24, 2.45) is 23.1 Å². The molecule has 2 amide bonds. The molecule has 1 aromatic carbocycles. The van der Waals surface area contributed by atoms with Gasteiger partial charge in [-0.25, -0.2) is 0 Å². The average molecular weight is 334 g/mol. The summed E-state index contributed by atoms with van der Waals surface area (Å²) in [6.07, 6.45) is 4.40. The molecule has 2 bridgehead atoms. The number of nitrogens with two attached hydrogens (primary N) is 3. The maximum absolute atomic E-state index is 11.8. The molecule has 3 rings (SSSR count). The summed E-state index contributed by atoms with van der Waals surface area (Å²) in [5, 5.41) is 0. The lowest BCUT2D eigenvalue weighted by Gasteiger charge is -2.31. The quantitative estimate of drug-likeness (QED) is 0.500.